The highest BCUT2D eigenvalue weighted by molar-refractivity contribution is 8.00. The second-order valence-corrected chi connectivity index (χ2v) is 4.91. The highest BCUT2D eigenvalue weighted by atomic mass is 32.2. The van der Waals surface area contributed by atoms with E-state index in [1.165, 1.54) is 37.2 Å². The lowest BCUT2D eigenvalue weighted by molar-refractivity contribution is 0.0668. The fourth-order valence-electron chi connectivity index (χ4n) is 2.13. The lowest BCUT2D eigenvalue weighted by Gasteiger charge is -2.33. The van der Waals surface area contributed by atoms with E-state index in [1.54, 1.807) is 0 Å². The van der Waals surface area contributed by atoms with E-state index in [4.69, 9.17) is 0 Å². The molecule has 1 unspecified atom stereocenters. The first-order chi connectivity index (χ1) is 5.38. The Balaban J connectivity index is 1.82. The topological polar surface area (TPSA) is 20.2 Å². The van der Waals surface area contributed by atoms with Gasteiger partial charge in [-0.3, -0.25) is 0 Å². The first-order valence-corrected chi connectivity index (χ1v) is 5.79. The van der Waals surface area contributed by atoms with Gasteiger partial charge in [-0.25, -0.2) is 0 Å². The predicted molar refractivity (Wildman–Crippen MR) is 48.8 cm³/mol. The van der Waals surface area contributed by atoms with Crippen molar-refractivity contribution in [3.63, 3.8) is 0 Å². The van der Waals surface area contributed by atoms with Crippen molar-refractivity contribution < 1.29 is 5.11 Å². The van der Waals surface area contributed by atoms with Gasteiger partial charge in [0.15, 0.2) is 0 Å². The van der Waals surface area contributed by atoms with Crippen LogP contribution in [-0.2, 0) is 0 Å². The molecule has 1 aliphatic carbocycles. The summed E-state index contributed by atoms with van der Waals surface area (Å²) >= 11 is 1.97. The van der Waals surface area contributed by atoms with Crippen LogP contribution in [0.4, 0.5) is 0 Å². The maximum atomic E-state index is 9.86. The molecule has 0 aromatic heterocycles. The van der Waals surface area contributed by atoms with E-state index in [-0.39, 0.29) is 6.10 Å². The molecule has 2 rings (SSSR count). The van der Waals surface area contributed by atoms with Gasteiger partial charge in [0.05, 0.1) is 6.10 Å². The van der Waals surface area contributed by atoms with Crippen molar-refractivity contribution in [2.75, 3.05) is 11.5 Å². The number of aliphatic hydroxyl groups is 1. The first kappa shape index (κ1) is 7.93. The predicted octanol–water partition coefficient (Wildman–Crippen LogP) is 1.90. The highest BCUT2D eigenvalue weighted by Gasteiger charge is 2.33. The van der Waals surface area contributed by atoms with Crippen molar-refractivity contribution in [2.24, 2.45) is 11.8 Å². The van der Waals surface area contributed by atoms with Gasteiger partial charge in [-0.1, -0.05) is 12.8 Å². The zero-order chi connectivity index (χ0) is 7.68. The van der Waals surface area contributed by atoms with Crippen molar-refractivity contribution >= 4 is 11.8 Å². The molecule has 0 aromatic carbocycles. The molecule has 1 N–H and O–H groups in total. The van der Waals surface area contributed by atoms with Gasteiger partial charge in [-0.2, -0.15) is 11.8 Å². The molecule has 1 aliphatic heterocycles. The summed E-state index contributed by atoms with van der Waals surface area (Å²) in [5.74, 6) is 3.71. The zero-order valence-corrected chi connectivity index (χ0v) is 7.65. The third-order valence-electron chi connectivity index (χ3n) is 3.03. The Morgan fingerprint density at radius 3 is 2.18 bits per heavy atom. The SMILES string of the molecule is OC(C1CCCC1)C1CSC1. The van der Waals surface area contributed by atoms with Crippen molar-refractivity contribution in [3.8, 4) is 0 Å². The number of rotatable bonds is 2. The Morgan fingerprint density at radius 2 is 1.73 bits per heavy atom. The van der Waals surface area contributed by atoms with Crippen molar-refractivity contribution in [3.05, 3.63) is 0 Å². The fraction of sp³-hybridized carbons (Fsp3) is 1.00. The van der Waals surface area contributed by atoms with Gasteiger partial charge in [0, 0.05) is 5.92 Å². The largest absolute Gasteiger partial charge is 0.392 e. The van der Waals surface area contributed by atoms with E-state index in [9.17, 15) is 5.11 Å². The van der Waals surface area contributed by atoms with E-state index in [2.05, 4.69) is 0 Å². The van der Waals surface area contributed by atoms with E-state index >= 15 is 0 Å². The maximum absolute atomic E-state index is 9.86. The Hall–Kier alpha value is 0.310. The molecule has 1 heterocycles. The Morgan fingerprint density at radius 1 is 1.09 bits per heavy atom. The molecule has 0 amide bonds. The summed E-state index contributed by atoms with van der Waals surface area (Å²) in [5.41, 5.74) is 0. The molecule has 1 saturated heterocycles. The van der Waals surface area contributed by atoms with Gasteiger partial charge >= 0.3 is 0 Å². The minimum absolute atomic E-state index is 0.0405. The Bertz CT molecular complexity index is 128. The van der Waals surface area contributed by atoms with Gasteiger partial charge in [0.25, 0.3) is 0 Å². The van der Waals surface area contributed by atoms with Crippen LogP contribution in [0.2, 0.25) is 0 Å². The molecule has 2 heteroatoms. The zero-order valence-electron chi connectivity index (χ0n) is 6.83. The summed E-state index contributed by atoms with van der Waals surface area (Å²) < 4.78 is 0. The summed E-state index contributed by atoms with van der Waals surface area (Å²) in [6, 6.07) is 0. The van der Waals surface area contributed by atoms with Gasteiger partial charge in [0.2, 0.25) is 0 Å². The van der Waals surface area contributed by atoms with E-state index in [1.807, 2.05) is 11.8 Å². The van der Waals surface area contributed by atoms with Crippen LogP contribution < -0.4 is 0 Å². The third kappa shape index (κ3) is 1.57. The van der Waals surface area contributed by atoms with Crippen LogP contribution in [-0.4, -0.2) is 22.7 Å². The molecule has 64 valence electrons. The van der Waals surface area contributed by atoms with Gasteiger partial charge in [0.1, 0.15) is 0 Å². The number of thioether (sulfide) groups is 1. The molecule has 1 saturated carbocycles. The van der Waals surface area contributed by atoms with Crippen molar-refractivity contribution in [1.29, 1.82) is 0 Å². The van der Waals surface area contributed by atoms with E-state index < -0.39 is 0 Å². The third-order valence-corrected chi connectivity index (χ3v) is 4.36. The Kier molecular flexibility index (Phi) is 2.42. The molecule has 2 fully saturated rings. The van der Waals surface area contributed by atoms with Gasteiger partial charge in [-0.15, -0.1) is 0 Å². The summed E-state index contributed by atoms with van der Waals surface area (Å²) in [4.78, 5) is 0. The second-order valence-electron chi connectivity index (χ2n) is 3.83. The molecule has 0 spiro atoms. The first-order valence-electron chi connectivity index (χ1n) is 4.64. The molecule has 2 aliphatic rings. The smallest absolute Gasteiger partial charge is 0.0612 e. The molecular weight excluding hydrogens is 156 g/mol. The summed E-state index contributed by atoms with van der Waals surface area (Å²) in [5, 5.41) is 9.86. The molecular formula is C9H16OS. The fourth-order valence-corrected chi connectivity index (χ4v) is 3.04. The lowest BCUT2D eigenvalue weighted by Crippen LogP contribution is -2.36. The van der Waals surface area contributed by atoms with Crippen LogP contribution in [0.25, 0.3) is 0 Å². The summed E-state index contributed by atoms with van der Waals surface area (Å²) in [6.45, 7) is 0. The van der Waals surface area contributed by atoms with Gasteiger partial charge < -0.3 is 5.11 Å². The highest BCUT2D eigenvalue weighted by Crippen LogP contribution is 2.36. The van der Waals surface area contributed by atoms with E-state index in [0.717, 1.165) is 0 Å². The monoisotopic (exact) mass is 172 g/mol. The maximum Gasteiger partial charge on any atom is 0.0612 e. The number of hydrogen-bond donors (Lipinski definition) is 1. The minimum atomic E-state index is 0.0405. The molecule has 0 aromatic rings. The average Bonchev–Trinajstić information content (AvgIpc) is 2.32. The van der Waals surface area contributed by atoms with Crippen molar-refractivity contribution in [2.45, 2.75) is 31.8 Å². The minimum Gasteiger partial charge on any atom is -0.392 e. The molecule has 1 atom stereocenters. The van der Waals surface area contributed by atoms with Crippen LogP contribution >= 0.6 is 11.8 Å². The molecule has 11 heavy (non-hydrogen) atoms. The van der Waals surface area contributed by atoms with Crippen LogP contribution in [0.3, 0.4) is 0 Å². The van der Waals surface area contributed by atoms with E-state index in [0.29, 0.717) is 11.8 Å². The number of aliphatic hydroxyl groups excluding tert-OH is 1. The molecule has 0 radical (unpaired) electrons. The lowest BCUT2D eigenvalue weighted by atomic mass is 9.91. The second kappa shape index (κ2) is 3.36. The molecule has 1 nitrogen and oxygen atoms in total. The molecule has 0 bridgehead atoms. The van der Waals surface area contributed by atoms with Crippen LogP contribution in [0.5, 0.6) is 0 Å². The summed E-state index contributed by atoms with van der Waals surface area (Å²) in [7, 11) is 0. The number of hydrogen-bond acceptors (Lipinski definition) is 2. The van der Waals surface area contributed by atoms with Crippen LogP contribution in [0, 0.1) is 11.8 Å². The Labute approximate surface area is 72.6 Å². The standard InChI is InChI=1S/C9H16OS/c10-9(8-5-11-6-8)7-3-1-2-4-7/h7-10H,1-6H2. The average molecular weight is 172 g/mol. The van der Waals surface area contributed by atoms with Crippen LogP contribution in [0.15, 0.2) is 0 Å². The quantitative estimate of drug-likeness (QED) is 0.686. The normalized spacial score (nSPS) is 30.3. The van der Waals surface area contributed by atoms with Crippen LogP contribution in [0.1, 0.15) is 25.7 Å². The van der Waals surface area contributed by atoms with Gasteiger partial charge in [-0.05, 0) is 30.3 Å². The summed E-state index contributed by atoms with van der Waals surface area (Å²) in [6.07, 6.45) is 5.30. The van der Waals surface area contributed by atoms with Crippen molar-refractivity contribution in [1.82, 2.24) is 0 Å².